The highest BCUT2D eigenvalue weighted by Gasteiger charge is 2.45. The molecule has 5 nitrogen and oxygen atoms in total. The molecule has 0 heterocycles. The quantitative estimate of drug-likeness (QED) is 0.665. The molecule has 0 amide bonds. The monoisotopic (exact) mass is 352 g/mol. The van der Waals surface area contributed by atoms with Crippen molar-refractivity contribution in [2.24, 2.45) is 0 Å². The van der Waals surface area contributed by atoms with E-state index >= 15 is 0 Å². The summed E-state index contributed by atoms with van der Waals surface area (Å²) >= 11 is 0. The molecule has 1 unspecified atom stereocenters. The maximum Gasteiger partial charge on any atom is 0.426 e. The van der Waals surface area contributed by atoms with Gasteiger partial charge in [0, 0.05) is 0 Å². The molecule has 0 spiro atoms. The first-order valence-electron chi connectivity index (χ1n) is 6.91. The fourth-order valence-electron chi connectivity index (χ4n) is 2.44. The van der Waals surface area contributed by atoms with Crippen molar-refractivity contribution in [1.29, 1.82) is 0 Å². The van der Waals surface area contributed by atoms with Crippen LogP contribution < -0.4 is 0 Å². The number of hydrogen-bond acceptors (Lipinski definition) is 4. The lowest BCUT2D eigenvalue weighted by Gasteiger charge is -2.20. The van der Waals surface area contributed by atoms with Crippen LogP contribution in [0.1, 0.15) is 34.3 Å². The molecule has 0 bridgehead atoms. The smallest absolute Gasteiger partial charge is 0.426 e. The molecule has 0 saturated carbocycles. The van der Waals surface area contributed by atoms with Gasteiger partial charge in [0.05, 0.1) is 5.56 Å². The van der Waals surface area contributed by atoms with Gasteiger partial charge in [-0.15, -0.1) is 0 Å². The Morgan fingerprint density at radius 2 is 1.83 bits per heavy atom. The Bertz CT molecular complexity index is 697. The second-order valence-electron chi connectivity index (χ2n) is 5.37. The van der Waals surface area contributed by atoms with E-state index in [0.29, 0.717) is 0 Å². The molecule has 1 N–H and O–H groups in total. The van der Waals surface area contributed by atoms with Crippen LogP contribution in [0.15, 0.2) is 18.2 Å². The van der Waals surface area contributed by atoms with Crippen molar-refractivity contribution < 1.29 is 35.7 Å². The van der Waals surface area contributed by atoms with Crippen LogP contribution in [0.5, 0.6) is 0 Å². The molecule has 0 aromatic heterocycles. The van der Waals surface area contributed by atoms with E-state index in [1.165, 1.54) is 12.1 Å². The first kappa shape index (κ1) is 17.7. The van der Waals surface area contributed by atoms with Gasteiger partial charge in [-0.25, -0.2) is 4.79 Å². The van der Waals surface area contributed by atoms with Gasteiger partial charge in [0.15, 0.2) is 0 Å². The molecule has 0 saturated heterocycles. The summed E-state index contributed by atoms with van der Waals surface area (Å²) < 4.78 is 72.4. The van der Waals surface area contributed by atoms with Gasteiger partial charge in [0.25, 0.3) is 10.1 Å². The average molecular weight is 352 g/mol. The summed E-state index contributed by atoms with van der Waals surface area (Å²) in [6.07, 6.45) is -4.50. The lowest BCUT2D eigenvalue weighted by atomic mass is 9.90. The molecule has 1 aliphatic rings. The Morgan fingerprint density at radius 3 is 2.39 bits per heavy atom. The predicted molar refractivity (Wildman–Crippen MR) is 74.8 cm³/mol. The van der Waals surface area contributed by atoms with Crippen LogP contribution in [0.4, 0.5) is 13.2 Å². The Kier molecular flexibility index (Phi) is 5.00. The maximum absolute atomic E-state index is 12.7. The summed E-state index contributed by atoms with van der Waals surface area (Å²) in [5.74, 6) is -3.00. The van der Waals surface area contributed by atoms with Gasteiger partial charge in [0.1, 0.15) is 5.75 Å². The zero-order valence-electron chi connectivity index (χ0n) is 12.0. The molecule has 23 heavy (non-hydrogen) atoms. The van der Waals surface area contributed by atoms with E-state index in [-0.39, 0.29) is 5.56 Å². The first-order valence-corrected chi connectivity index (χ1v) is 8.52. The molecular formula is C14H15F3O5S. The number of hydrogen-bond donors (Lipinski definition) is 1. The van der Waals surface area contributed by atoms with Crippen molar-refractivity contribution in [2.45, 2.75) is 38.0 Å². The molecule has 1 aromatic rings. The number of carbonyl (C=O) groups excluding carboxylic acids is 1. The number of alkyl halides is 3. The van der Waals surface area contributed by atoms with Gasteiger partial charge in [-0.2, -0.15) is 21.6 Å². The van der Waals surface area contributed by atoms with Crippen molar-refractivity contribution in [2.75, 3.05) is 5.75 Å². The van der Waals surface area contributed by atoms with Gasteiger partial charge in [-0.3, -0.25) is 4.55 Å². The highest BCUT2D eigenvalue weighted by Crippen LogP contribution is 2.26. The van der Waals surface area contributed by atoms with E-state index in [4.69, 9.17) is 4.55 Å². The molecule has 1 atom stereocenters. The number of ether oxygens (including phenoxy) is 1. The molecule has 1 aliphatic carbocycles. The van der Waals surface area contributed by atoms with Crippen LogP contribution >= 0.6 is 0 Å². The van der Waals surface area contributed by atoms with E-state index in [1.54, 1.807) is 6.07 Å². The first-order chi connectivity index (χ1) is 10.6. The van der Waals surface area contributed by atoms with E-state index in [1.807, 2.05) is 0 Å². The topological polar surface area (TPSA) is 80.7 Å². The van der Waals surface area contributed by atoms with Gasteiger partial charge >= 0.3 is 12.1 Å². The molecule has 0 radical (unpaired) electrons. The zero-order chi connectivity index (χ0) is 17.3. The molecule has 9 heteroatoms. The van der Waals surface area contributed by atoms with Crippen LogP contribution in [0.25, 0.3) is 0 Å². The summed E-state index contributed by atoms with van der Waals surface area (Å²) in [5, 5.41) is 0. The summed E-state index contributed by atoms with van der Waals surface area (Å²) in [6, 6.07) is 4.49. The summed E-state index contributed by atoms with van der Waals surface area (Å²) in [7, 11) is -4.95. The lowest BCUT2D eigenvalue weighted by molar-refractivity contribution is -0.197. The van der Waals surface area contributed by atoms with Crippen molar-refractivity contribution in [1.82, 2.24) is 0 Å². The minimum Gasteiger partial charge on any atom is -0.448 e. The highest BCUT2D eigenvalue weighted by atomic mass is 32.2. The van der Waals surface area contributed by atoms with Crippen LogP contribution in [0, 0.1) is 0 Å². The Balaban J connectivity index is 2.18. The molecule has 0 fully saturated rings. The molecule has 2 rings (SSSR count). The molecular weight excluding hydrogens is 337 g/mol. The third kappa shape index (κ3) is 4.93. The minimum atomic E-state index is -5.10. The van der Waals surface area contributed by atoms with Crippen molar-refractivity contribution in [3.8, 4) is 0 Å². The standard InChI is InChI=1S/C14H15F3O5S/c15-14(16,17)12(8-23(19,20)21)22-13(18)11-6-5-9-3-1-2-4-10(9)7-11/h5-7,12H,1-4,8H2,(H,19,20,21). The van der Waals surface area contributed by atoms with Gasteiger partial charge < -0.3 is 4.74 Å². The number of fused-ring (bicyclic) bond motifs is 1. The predicted octanol–water partition coefficient (Wildman–Crippen LogP) is 2.54. The molecule has 1 aromatic carbocycles. The summed E-state index contributed by atoms with van der Waals surface area (Å²) in [4.78, 5) is 11.9. The van der Waals surface area contributed by atoms with Gasteiger partial charge in [-0.1, -0.05) is 6.07 Å². The Morgan fingerprint density at radius 1 is 1.22 bits per heavy atom. The van der Waals surface area contributed by atoms with Crippen LogP contribution in [-0.4, -0.2) is 37.0 Å². The average Bonchev–Trinajstić information content (AvgIpc) is 2.43. The van der Waals surface area contributed by atoms with Gasteiger partial charge in [-0.05, 0) is 48.9 Å². The summed E-state index contributed by atoms with van der Waals surface area (Å²) in [5.41, 5.74) is 1.84. The van der Waals surface area contributed by atoms with E-state index in [9.17, 15) is 26.4 Å². The number of halogens is 3. The Labute approximate surface area is 131 Å². The van der Waals surface area contributed by atoms with Crippen LogP contribution in [0.3, 0.4) is 0 Å². The SMILES string of the molecule is O=C(OC(CS(=O)(=O)O)C(F)(F)F)c1ccc2c(c1)CCCC2. The van der Waals surface area contributed by atoms with Crippen molar-refractivity contribution in [3.05, 3.63) is 34.9 Å². The number of benzene rings is 1. The fraction of sp³-hybridized carbons (Fsp3) is 0.500. The second kappa shape index (κ2) is 6.48. The number of rotatable bonds is 4. The minimum absolute atomic E-state index is 0.0739. The normalized spacial score (nSPS) is 16.5. The lowest BCUT2D eigenvalue weighted by Crippen LogP contribution is -2.39. The van der Waals surface area contributed by atoms with Crippen molar-refractivity contribution >= 4 is 16.1 Å². The van der Waals surface area contributed by atoms with E-state index < -0.39 is 34.1 Å². The van der Waals surface area contributed by atoms with Crippen LogP contribution in [-0.2, 0) is 27.7 Å². The van der Waals surface area contributed by atoms with Crippen LogP contribution in [0.2, 0.25) is 0 Å². The Hall–Kier alpha value is -1.61. The van der Waals surface area contributed by atoms with E-state index in [2.05, 4.69) is 4.74 Å². The largest absolute Gasteiger partial charge is 0.448 e. The van der Waals surface area contributed by atoms with E-state index in [0.717, 1.165) is 36.8 Å². The van der Waals surface area contributed by atoms with Gasteiger partial charge in [0.2, 0.25) is 6.10 Å². The number of aryl methyl sites for hydroxylation is 2. The fourth-order valence-corrected chi connectivity index (χ4v) is 3.08. The highest BCUT2D eigenvalue weighted by molar-refractivity contribution is 7.85. The maximum atomic E-state index is 12.7. The number of esters is 1. The second-order valence-corrected chi connectivity index (χ2v) is 6.87. The third-order valence-corrected chi connectivity index (χ3v) is 4.28. The third-order valence-electron chi connectivity index (χ3n) is 3.56. The summed E-state index contributed by atoms with van der Waals surface area (Å²) in [6.45, 7) is 0. The molecule has 128 valence electrons. The van der Waals surface area contributed by atoms with Crippen molar-refractivity contribution in [3.63, 3.8) is 0 Å². The zero-order valence-corrected chi connectivity index (χ0v) is 12.8. The molecule has 0 aliphatic heterocycles. The number of carbonyl (C=O) groups is 1.